The van der Waals surface area contributed by atoms with Gasteiger partial charge < -0.3 is 5.32 Å². The van der Waals surface area contributed by atoms with E-state index in [2.05, 4.69) is 10.3 Å². The van der Waals surface area contributed by atoms with Crippen molar-refractivity contribution >= 4 is 5.69 Å². The number of aromatic nitrogens is 1. The van der Waals surface area contributed by atoms with Crippen molar-refractivity contribution in [2.24, 2.45) is 0 Å². The number of halogens is 3. The Morgan fingerprint density at radius 1 is 1.36 bits per heavy atom. The molecule has 0 radical (unpaired) electrons. The smallest absolute Gasteiger partial charge is 0.384 e. The molecule has 1 aromatic rings. The summed E-state index contributed by atoms with van der Waals surface area (Å²) in [6.45, 7) is 2.71. The van der Waals surface area contributed by atoms with E-state index in [4.69, 9.17) is 0 Å². The van der Waals surface area contributed by atoms with E-state index >= 15 is 0 Å². The predicted octanol–water partition coefficient (Wildman–Crippen LogP) is 2.92. The molecule has 78 valence electrons. The zero-order valence-corrected chi connectivity index (χ0v) is 7.73. The summed E-state index contributed by atoms with van der Waals surface area (Å²) in [6, 6.07) is 2.35. The number of hydrogen-bond acceptors (Lipinski definition) is 2. The van der Waals surface area contributed by atoms with Gasteiger partial charge in [-0.3, -0.25) is 0 Å². The summed E-state index contributed by atoms with van der Waals surface area (Å²) in [5.41, 5.74) is -0.251. The number of rotatable bonds is 3. The van der Waals surface area contributed by atoms with E-state index < -0.39 is 11.9 Å². The Balaban J connectivity index is 2.69. The molecule has 0 saturated heterocycles. The third-order valence-electron chi connectivity index (χ3n) is 1.63. The average Bonchev–Trinajstić information content (AvgIpc) is 2.14. The van der Waals surface area contributed by atoms with Crippen LogP contribution in [0, 0.1) is 0 Å². The van der Waals surface area contributed by atoms with Gasteiger partial charge in [-0.25, -0.2) is 4.98 Å². The van der Waals surface area contributed by atoms with E-state index in [9.17, 15) is 13.2 Å². The van der Waals surface area contributed by atoms with Crippen LogP contribution in [0.3, 0.4) is 0 Å². The van der Waals surface area contributed by atoms with Crippen LogP contribution >= 0.6 is 0 Å². The number of alkyl halides is 3. The van der Waals surface area contributed by atoms with Crippen molar-refractivity contribution < 1.29 is 13.2 Å². The standard InChI is InChI=1S/C9H11F3N2/c1-2-5-13-7-3-4-8(14-6-7)9(10,11)12/h3-4,6,13H,2,5H2,1H3. The first-order valence-electron chi connectivity index (χ1n) is 4.31. The van der Waals surface area contributed by atoms with E-state index in [0.29, 0.717) is 5.69 Å². The Labute approximate surface area is 80.2 Å². The van der Waals surface area contributed by atoms with Gasteiger partial charge in [-0.2, -0.15) is 13.2 Å². The van der Waals surface area contributed by atoms with Crippen LogP contribution in [0.5, 0.6) is 0 Å². The number of hydrogen-bond donors (Lipinski definition) is 1. The van der Waals surface area contributed by atoms with E-state index in [1.165, 1.54) is 12.3 Å². The Bertz CT molecular complexity index is 279. The minimum absolute atomic E-state index is 0.611. The zero-order chi connectivity index (χ0) is 10.6. The van der Waals surface area contributed by atoms with Crippen molar-refractivity contribution in [1.29, 1.82) is 0 Å². The van der Waals surface area contributed by atoms with Crippen molar-refractivity contribution in [3.05, 3.63) is 24.0 Å². The lowest BCUT2D eigenvalue weighted by atomic mass is 10.3. The normalized spacial score (nSPS) is 11.4. The molecule has 0 bridgehead atoms. The van der Waals surface area contributed by atoms with Crippen LogP contribution in [0.2, 0.25) is 0 Å². The second-order valence-corrected chi connectivity index (χ2v) is 2.86. The zero-order valence-electron chi connectivity index (χ0n) is 7.73. The molecule has 1 N–H and O–H groups in total. The van der Waals surface area contributed by atoms with Crippen LogP contribution in [-0.4, -0.2) is 11.5 Å². The number of nitrogens with zero attached hydrogens (tertiary/aromatic N) is 1. The van der Waals surface area contributed by atoms with Gasteiger partial charge in [0.15, 0.2) is 0 Å². The van der Waals surface area contributed by atoms with Gasteiger partial charge in [0.2, 0.25) is 0 Å². The third kappa shape index (κ3) is 2.90. The second kappa shape index (κ2) is 4.30. The molecular formula is C9H11F3N2. The van der Waals surface area contributed by atoms with E-state index in [0.717, 1.165) is 19.0 Å². The van der Waals surface area contributed by atoms with Crippen LogP contribution in [0.15, 0.2) is 18.3 Å². The summed E-state index contributed by atoms with van der Waals surface area (Å²) < 4.78 is 36.3. The fourth-order valence-electron chi connectivity index (χ4n) is 0.935. The monoisotopic (exact) mass is 204 g/mol. The maximum absolute atomic E-state index is 12.1. The van der Waals surface area contributed by atoms with Crippen LogP contribution in [0.1, 0.15) is 19.0 Å². The maximum atomic E-state index is 12.1. The molecule has 1 heterocycles. The van der Waals surface area contributed by atoms with E-state index in [1.54, 1.807) is 0 Å². The first-order chi connectivity index (χ1) is 6.54. The van der Waals surface area contributed by atoms with E-state index in [1.807, 2.05) is 6.92 Å². The summed E-state index contributed by atoms with van der Waals surface area (Å²) in [4.78, 5) is 3.32. The molecule has 0 aromatic carbocycles. The molecule has 14 heavy (non-hydrogen) atoms. The molecule has 0 atom stereocenters. The van der Waals surface area contributed by atoms with Crippen LogP contribution in [0.25, 0.3) is 0 Å². The highest BCUT2D eigenvalue weighted by Gasteiger charge is 2.31. The highest BCUT2D eigenvalue weighted by atomic mass is 19.4. The van der Waals surface area contributed by atoms with E-state index in [-0.39, 0.29) is 0 Å². The van der Waals surface area contributed by atoms with Crippen molar-refractivity contribution in [3.63, 3.8) is 0 Å². The first kappa shape index (κ1) is 10.8. The number of nitrogens with one attached hydrogen (secondary N) is 1. The molecule has 1 aromatic heterocycles. The molecule has 0 spiro atoms. The summed E-state index contributed by atoms with van der Waals surface area (Å²) in [5.74, 6) is 0. The number of anilines is 1. The summed E-state index contributed by atoms with van der Waals surface area (Å²) in [5, 5.41) is 2.94. The summed E-state index contributed by atoms with van der Waals surface area (Å²) >= 11 is 0. The molecular weight excluding hydrogens is 193 g/mol. The molecule has 5 heteroatoms. The Kier molecular flexibility index (Phi) is 3.33. The van der Waals surface area contributed by atoms with Gasteiger partial charge in [0.25, 0.3) is 0 Å². The molecule has 0 aliphatic carbocycles. The molecule has 2 nitrogen and oxygen atoms in total. The van der Waals surface area contributed by atoms with Crippen molar-refractivity contribution in [1.82, 2.24) is 4.98 Å². The largest absolute Gasteiger partial charge is 0.433 e. The van der Waals surface area contributed by atoms with Gasteiger partial charge in [0.1, 0.15) is 5.69 Å². The SMILES string of the molecule is CCCNc1ccc(C(F)(F)F)nc1. The van der Waals surface area contributed by atoms with Gasteiger partial charge in [0.05, 0.1) is 11.9 Å². The lowest BCUT2D eigenvalue weighted by molar-refractivity contribution is -0.141. The highest BCUT2D eigenvalue weighted by molar-refractivity contribution is 5.41. The minimum atomic E-state index is -4.36. The van der Waals surface area contributed by atoms with Gasteiger partial charge in [0, 0.05) is 6.54 Å². The Hall–Kier alpha value is -1.26. The van der Waals surface area contributed by atoms with Crippen molar-refractivity contribution in [2.45, 2.75) is 19.5 Å². The molecule has 0 aliphatic rings. The lowest BCUT2D eigenvalue weighted by Crippen LogP contribution is -2.08. The molecule has 1 rings (SSSR count). The fourth-order valence-corrected chi connectivity index (χ4v) is 0.935. The van der Waals surface area contributed by atoms with Crippen molar-refractivity contribution in [3.8, 4) is 0 Å². The maximum Gasteiger partial charge on any atom is 0.433 e. The Morgan fingerprint density at radius 3 is 2.50 bits per heavy atom. The van der Waals surface area contributed by atoms with Crippen molar-refractivity contribution in [2.75, 3.05) is 11.9 Å². The average molecular weight is 204 g/mol. The number of pyridine rings is 1. The Morgan fingerprint density at radius 2 is 2.07 bits per heavy atom. The molecule has 0 aliphatic heterocycles. The van der Waals surface area contributed by atoms with Crippen LogP contribution < -0.4 is 5.32 Å². The minimum Gasteiger partial charge on any atom is -0.384 e. The lowest BCUT2D eigenvalue weighted by Gasteiger charge is -2.07. The quantitative estimate of drug-likeness (QED) is 0.818. The third-order valence-corrected chi connectivity index (χ3v) is 1.63. The molecule has 0 fully saturated rings. The first-order valence-corrected chi connectivity index (χ1v) is 4.31. The van der Waals surface area contributed by atoms with Gasteiger partial charge in [-0.05, 0) is 18.6 Å². The fraction of sp³-hybridized carbons (Fsp3) is 0.444. The predicted molar refractivity (Wildman–Crippen MR) is 48.0 cm³/mol. The van der Waals surface area contributed by atoms with Crippen LogP contribution in [-0.2, 0) is 6.18 Å². The highest BCUT2D eigenvalue weighted by Crippen LogP contribution is 2.27. The molecule has 0 saturated carbocycles. The van der Waals surface area contributed by atoms with Gasteiger partial charge in [-0.15, -0.1) is 0 Å². The summed E-state index contributed by atoms with van der Waals surface area (Å²) in [6.07, 6.45) is -2.25. The van der Waals surface area contributed by atoms with Gasteiger partial charge in [-0.1, -0.05) is 6.92 Å². The molecule has 0 amide bonds. The second-order valence-electron chi connectivity index (χ2n) is 2.86. The summed E-state index contributed by atoms with van der Waals surface area (Å²) in [7, 11) is 0. The van der Waals surface area contributed by atoms with Gasteiger partial charge >= 0.3 is 6.18 Å². The topological polar surface area (TPSA) is 24.9 Å². The molecule has 0 unspecified atom stereocenters. The van der Waals surface area contributed by atoms with Crippen LogP contribution in [0.4, 0.5) is 18.9 Å².